The summed E-state index contributed by atoms with van der Waals surface area (Å²) in [4.78, 5) is 14.8. The summed E-state index contributed by atoms with van der Waals surface area (Å²) in [6, 6.07) is 2.78. The fourth-order valence-corrected chi connectivity index (χ4v) is 1.61. The molecule has 7 heteroatoms. The highest BCUT2D eigenvalue weighted by molar-refractivity contribution is 5.90. The summed E-state index contributed by atoms with van der Waals surface area (Å²) < 4.78 is 42.5. The number of fused-ring (bicyclic) bond motifs is 1. The first kappa shape index (κ1) is 12.4. The van der Waals surface area contributed by atoms with Crippen molar-refractivity contribution in [3.8, 4) is 5.75 Å². The van der Waals surface area contributed by atoms with E-state index < -0.39 is 12.8 Å². The zero-order valence-corrected chi connectivity index (χ0v) is 9.36. The zero-order valence-electron chi connectivity index (χ0n) is 9.36. The zero-order chi connectivity index (χ0) is 13.3. The van der Waals surface area contributed by atoms with E-state index in [1.807, 2.05) is 0 Å². The van der Waals surface area contributed by atoms with Gasteiger partial charge in [0.1, 0.15) is 11.4 Å². The van der Waals surface area contributed by atoms with Crippen molar-refractivity contribution in [2.45, 2.75) is 6.18 Å². The topological polar surface area (TPSA) is 44.1 Å². The number of aldehydes is 1. The molecule has 0 bridgehead atoms. The first-order valence-corrected chi connectivity index (χ1v) is 5.01. The molecule has 4 nitrogen and oxygen atoms in total. The smallest absolute Gasteiger partial charge is 0.422 e. The first-order valence-electron chi connectivity index (χ1n) is 5.01. The van der Waals surface area contributed by atoms with Crippen LogP contribution in [0.4, 0.5) is 13.2 Å². The number of carbonyl (C=O) groups excluding carboxylic acids is 1. The van der Waals surface area contributed by atoms with Crippen LogP contribution in [-0.2, 0) is 7.05 Å². The lowest BCUT2D eigenvalue weighted by Crippen LogP contribution is -2.19. The quantitative estimate of drug-likeness (QED) is 0.793. The third-order valence-corrected chi connectivity index (χ3v) is 2.44. The van der Waals surface area contributed by atoms with Gasteiger partial charge in [-0.2, -0.15) is 13.2 Å². The number of hydrogen-bond acceptors (Lipinski definition) is 3. The molecule has 2 aromatic heterocycles. The number of hydrogen-bond donors (Lipinski definition) is 0. The molecule has 0 N–H and O–H groups in total. The van der Waals surface area contributed by atoms with Crippen molar-refractivity contribution < 1.29 is 22.7 Å². The van der Waals surface area contributed by atoms with E-state index in [0.29, 0.717) is 23.0 Å². The Balaban J connectivity index is 2.42. The Kier molecular flexibility index (Phi) is 2.98. The minimum absolute atomic E-state index is 0.0565. The molecule has 0 spiro atoms. The van der Waals surface area contributed by atoms with Gasteiger partial charge in [-0.05, 0) is 12.1 Å². The molecular formula is C11H9F3N2O2. The fraction of sp³-hybridized carbons (Fsp3) is 0.273. The predicted octanol–water partition coefficient (Wildman–Crippen LogP) is 2.33. The van der Waals surface area contributed by atoms with Crippen molar-refractivity contribution in [1.29, 1.82) is 0 Å². The molecule has 0 aromatic carbocycles. The van der Waals surface area contributed by atoms with Crippen molar-refractivity contribution in [3.63, 3.8) is 0 Å². The van der Waals surface area contributed by atoms with Gasteiger partial charge in [0.2, 0.25) is 0 Å². The lowest BCUT2D eigenvalue weighted by Gasteiger charge is -2.09. The molecule has 0 atom stereocenters. The second-order valence-corrected chi connectivity index (χ2v) is 3.70. The standard InChI is InChI=1S/C11H9F3N2O2/c1-16-7(5-17)4-8-9(2-3-15-10(8)16)18-6-11(12,13)14/h2-5H,6H2,1H3. The van der Waals surface area contributed by atoms with E-state index in [1.165, 1.54) is 22.9 Å². The van der Waals surface area contributed by atoms with E-state index in [1.54, 1.807) is 7.05 Å². The van der Waals surface area contributed by atoms with Crippen LogP contribution in [0.15, 0.2) is 18.3 Å². The third kappa shape index (κ3) is 2.29. The first-order chi connectivity index (χ1) is 8.42. The molecule has 0 saturated heterocycles. The maximum atomic E-state index is 12.1. The Morgan fingerprint density at radius 3 is 2.83 bits per heavy atom. The summed E-state index contributed by atoms with van der Waals surface area (Å²) in [5.74, 6) is 0.0565. The summed E-state index contributed by atoms with van der Waals surface area (Å²) in [5.41, 5.74) is 0.720. The number of halogens is 3. The molecule has 0 aliphatic carbocycles. The Morgan fingerprint density at radius 1 is 1.50 bits per heavy atom. The molecule has 0 saturated carbocycles. The van der Waals surface area contributed by atoms with E-state index in [2.05, 4.69) is 4.98 Å². The predicted molar refractivity (Wildman–Crippen MR) is 57.7 cm³/mol. The van der Waals surface area contributed by atoms with Gasteiger partial charge in [-0.25, -0.2) is 4.98 Å². The van der Waals surface area contributed by atoms with Crippen LogP contribution in [0.2, 0.25) is 0 Å². The van der Waals surface area contributed by atoms with Gasteiger partial charge in [-0.15, -0.1) is 0 Å². The number of rotatable bonds is 3. The van der Waals surface area contributed by atoms with E-state index in [9.17, 15) is 18.0 Å². The molecule has 18 heavy (non-hydrogen) atoms. The lowest BCUT2D eigenvalue weighted by molar-refractivity contribution is -0.153. The average Bonchev–Trinajstić information content (AvgIpc) is 2.63. The molecule has 96 valence electrons. The molecule has 0 aliphatic rings. The van der Waals surface area contributed by atoms with Gasteiger partial charge >= 0.3 is 6.18 Å². The van der Waals surface area contributed by atoms with Crippen LogP contribution in [0, 0.1) is 0 Å². The largest absolute Gasteiger partial charge is 0.483 e. The fourth-order valence-electron chi connectivity index (χ4n) is 1.61. The van der Waals surface area contributed by atoms with Gasteiger partial charge in [-0.1, -0.05) is 0 Å². The number of pyridine rings is 1. The van der Waals surface area contributed by atoms with Crippen molar-refractivity contribution in [3.05, 3.63) is 24.0 Å². The number of alkyl halides is 3. The van der Waals surface area contributed by atoms with Gasteiger partial charge in [-0.3, -0.25) is 4.79 Å². The van der Waals surface area contributed by atoms with Crippen molar-refractivity contribution in [2.24, 2.45) is 7.05 Å². The summed E-state index contributed by atoms with van der Waals surface area (Å²) >= 11 is 0. The van der Waals surface area contributed by atoms with Crippen LogP contribution in [0.5, 0.6) is 5.75 Å². The highest BCUT2D eigenvalue weighted by Gasteiger charge is 2.28. The van der Waals surface area contributed by atoms with Crippen molar-refractivity contribution in [1.82, 2.24) is 9.55 Å². The van der Waals surface area contributed by atoms with Crippen LogP contribution in [0.25, 0.3) is 11.0 Å². The van der Waals surface area contributed by atoms with Gasteiger partial charge in [0.25, 0.3) is 0 Å². The average molecular weight is 258 g/mol. The Hall–Kier alpha value is -2.05. The van der Waals surface area contributed by atoms with Crippen LogP contribution in [0.3, 0.4) is 0 Å². The Bertz CT molecular complexity index is 590. The summed E-state index contributed by atoms with van der Waals surface area (Å²) in [7, 11) is 1.60. The van der Waals surface area contributed by atoms with Gasteiger partial charge in [0, 0.05) is 13.2 Å². The van der Waals surface area contributed by atoms with Crippen LogP contribution in [0.1, 0.15) is 10.5 Å². The lowest BCUT2D eigenvalue weighted by atomic mass is 10.3. The normalized spacial score (nSPS) is 11.8. The Morgan fingerprint density at radius 2 is 2.22 bits per heavy atom. The van der Waals surface area contributed by atoms with Gasteiger partial charge < -0.3 is 9.30 Å². The number of carbonyl (C=O) groups is 1. The minimum atomic E-state index is -4.40. The number of aryl methyl sites for hydroxylation is 1. The van der Waals surface area contributed by atoms with E-state index in [0.717, 1.165) is 0 Å². The van der Waals surface area contributed by atoms with Gasteiger partial charge in [0.15, 0.2) is 12.9 Å². The molecular weight excluding hydrogens is 249 g/mol. The van der Waals surface area contributed by atoms with Crippen molar-refractivity contribution in [2.75, 3.05) is 6.61 Å². The highest BCUT2D eigenvalue weighted by Crippen LogP contribution is 2.27. The molecule has 0 amide bonds. The number of ether oxygens (including phenoxy) is 1. The minimum Gasteiger partial charge on any atom is -0.483 e. The number of nitrogens with zero attached hydrogens (tertiary/aromatic N) is 2. The molecule has 0 unspecified atom stereocenters. The summed E-state index contributed by atoms with van der Waals surface area (Å²) in [6.45, 7) is -1.38. The highest BCUT2D eigenvalue weighted by atomic mass is 19.4. The SMILES string of the molecule is Cn1c(C=O)cc2c(OCC(F)(F)F)ccnc21. The van der Waals surface area contributed by atoms with E-state index in [4.69, 9.17) is 4.74 Å². The van der Waals surface area contributed by atoms with Gasteiger partial charge in [0.05, 0.1) is 11.1 Å². The van der Waals surface area contributed by atoms with Crippen LogP contribution < -0.4 is 4.74 Å². The number of aromatic nitrogens is 2. The molecule has 0 aliphatic heterocycles. The summed E-state index contributed by atoms with van der Waals surface area (Å²) in [6.07, 6.45) is -2.46. The van der Waals surface area contributed by atoms with Crippen LogP contribution in [-0.4, -0.2) is 28.6 Å². The second kappa shape index (κ2) is 4.32. The summed E-state index contributed by atoms with van der Waals surface area (Å²) in [5, 5.41) is 0.381. The third-order valence-electron chi connectivity index (χ3n) is 2.44. The van der Waals surface area contributed by atoms with E-state index in [-0.39, 0.29) is 5.75 Å². The maximum absolute atomic E-state index is 12.1. The maximum Gasteiger partial charge on any atom is 0.422 e. The van der Waals surface area contributed by atoms with Crippen molar-refractivity contribution >= 4 is 17.3 Å². The molecule has 2 heterocycles. The molecule has 2 rings (SSSR count). The molecule has 0 radical (unpaired) electrons. The van der Waals surface area contributed by atoms with E-state index >= 15 is 0 Å². The van der Waals surface area contributed by atoms with Crippen LogP contribution >= 0.6 is 0 Å². The monoisotopic (exact) mass is 258 g/mol. The molecule has 0 fully saturated rings. The molecule has 2 aromatic rings. The second-order valence-electron chi connectivity index (χ2n) is 3.70. The Labute approximate surface area is 100.0 Å².